The summed E-state index contributed by atoms with van der Waals surface area (Å²) in [5.41, 5.74) is 5.76. The fourth-order valence-electron chi connectivity index (χ4n) is 2.13. The van der Waals surface area contributed by atoms with Crippen molar-refractivity contribution in [1.82, 2.24) is 10.9 Å². The predicted octanol–water partition coefficient (Wildman–Crippen LogP) is 2.51. The highest BCUT2D eigenvalue weighted by molar-refractivity contribution is 7.80. The Kier molecular flexibility index (Phi) is 5.98. The van der Waals surface area contributed by atoms with E-state index in [0.717, 1.165) is 0 Å². The summed E-state index contributed by atoms with van der Waals surface area (Å²) in [4.78, 5) is 11.8. The van der Waals surface area contributed by atoms with E-state index in [1.54, 1.807) is 42.5 Å². The number of nitrogens with one attached hydrogen (secondary N) is 3. The Labute approximate surface area is 160 Å². The molecule has 0 saturated heterocycles. The van der Waals surface area contributed by atoms with Crippen LogP contribution < -0.4 is 30.4 Å². The molecule has 3 rings (SSSR count). The molecule has 1 aliphatic rings. The average Bonchev–Trinajstić information content (AvgIpc) is 2.66. The molecule has 0 aromatic heterocycles. The Bertz CT molecular complexity index is 801. The van der Waals surface area contributed by atoms with Crippen LogP contribution in [0, 0.1) is 0 Å². The molecule has 0 radical (unpaired) electrons. The number of amides is 1. The lowest BCUT2D eigenvalue weighted by atomic mass is 10.2. The molecular weight excluding hydrogens is 378 g/mol. The molecule has 0 unspecified atom stereocenters. The summed E-state index contributed by atoms with van der Waals surface area (Å²) in [7, 11) is 0. The lowest BCUT2D eigenvalue weighted by molar-refractivity contribution is -0.123. The quantitative estimate of drug-likeness (QED) is 0.544. The van der Waals surface area contributed by atoms with Gasteiger partial charge in [-0.05, 0) is 48.6 Å². The number of anilines is 1. The topological polar surface area (TPSA) is 80.9 Å². The van der Waals surface area contributed by atoms with Crippen molar-refractivity contribution in [2.75, 3.05) is 25.1 Å². The third kappa shape index (κ3) is 5.14. The Hall–Kier alpha value is -2.71. The summed E-state index contributed by atoms with van der Waals surface area (Å²) in [6, 6.07) is 12.1. The number of hydrazine groups is 1. The molecule has 0 atom stereocenters. The predicted molar refractivity (Wildman–Crippen MR) is 102 cm³/mol. The van der Waals surface area contributed by atoms with Gasteiger partial charge in [-0.3, -0.25) is 15.6 Å². The Morgan fingerprint density at radius 1 is 1.08 bits per heavy atom. The zero-order chi connectivity index (χ0) is 18.4. The summed E-state index contributed by atoms with van der Waals surface area (Å²) >= 11 is 10.9. The van der Waals surface area contributed by atoms with Crippen molar-refractivity contribution in [2.45, 2.75) is 0 Å². The highest BCUT2D eigenvalue weighted by atomic mass is 35.5. The van der Waals surface area contributed by atoms with Gasteiger partial charge in [-0.25, -0.2) is 0 Å². The van der Waals surface area contributed by atoms with Gasteiger partial charge in [0, 0.05) is 16.8 Å². The number of carbonyl (C=O) groups is 1. The normalized spacial score (nSPS) is 12.0. The Balaban J connectivity index is 1.42. The van der Waals surface area contributed by atoms with Crippen molar-refractivity contribution >= 4 is 40.5 Å². The Morgan fingerprint density at radius 2 is 1.81 bits per heavy atom. The number of carbonyl (C=O) groups excluding carboxylic acids is 1. The van der Waals surface area contributed by atoms with Crippen LogP contribution in [0.2, 0.25) is 5.02 Å². The molecule has 0 aliphatic carbocycles. The molecule has 3 N–H and O–H groups in total. The van der Waals surface area contributed by atoms with E-state index >= 15 is 0 Å². The van der Waals surface area contributed by atoms with E-state index in [2.05, 4.69) is 16.2 Å². The summed E-state index contributed by atoms with van der Waals surface area (Å²) < 4.78 is 16.3. The maximum absolute atomic E-state index is 11.8. The molecule has 0 saturated carbocycles. The fraction of sp³-hybridized carbons (Fsp3) is 0.176. The van der Waals surface area contributed by atoms with E-state index in [0.29, 0.717) is 41.2 Å². The van der Waals surface area contributed by atoms with Gasteiger partial charge in [-0.15, -0.1) is 0 Å². The number of hydrogen-bond acceptors (Lipinski definition) is 5. The van der Waals surface area contributed by atoms with Crippen molar-refractivity contribution in [1.29, 1.82) is 0 Å². The van der Waals surface area contributed by atoms with Crippen LogP contribution in [0.25, 0.3) is 0 Å². The zero-order valence-corrected chi connectivity index (χ0v) is 15.2. The average molecular weight is 394 g/mol. The largest absolute Gasteiger partial charge is 0.486 e. The molecule has 26 heavy (non-hydrogen) atoms. The van der Waals surface area contributed by atoms with E-state index in [4.69, 9.17) is 38.0 Å². The van der Waals surface area contributed by atoms with Gasteiger partial charge < -0.3 is 19.5 Å². The first-order chi connectivity index (χ1) is 12.6. The SMILES string of the molecule is O=C(COc1ccc(Cl)cc1)NNC(=S)Nc1ccc2c(c1)OCCO2. The van der Waals surface area contributed by atoms with Crippen molar-refractivity contribution in [3.63, 3.8) is 0 Å². The van der Waals surface area contributed by atoms with Crippen LogP contribution in [-0.2, 0) is 4.79 Å². The van der Waals surface area contributed by atoms with E-state index in [1.165, 1.54) is 0 Å². The lowest BCUT2D eigenvalue weighted by Gasteiger charge is -2.19. The minimum Gasteiger partial charge on any atom is -0.486 e. The summed E-state index contributed by atoms with van der Waals surface area (Å²) in [6.07, 6.45) is 0. The van der Waals surface area contributed by atoms with Crippen LogP contribution >= 0.6 is 23.8 Å². The summed E-state index contributed by atoms with van der Waals surface area (Å²) in [5, 5.41) is 3.76. The van der Waals surface area contributed by atoms with Gasteiger partial charge in [-0.2, -0.15) is 0 Å². The molecule has 0 spiro atoms. The number of hydrogen-bond donors (Lipinski definition) is 3. The van der Waals surface area contributed by atoms with Gasteiger partial charge in [0.15, 0.2) is 23.2 Å². The number of rotatable bonds is 4. The van der Waals surface area contributed by atoms with Gasteiger partial charge in [0.2, 0.25) is 0 Å². The van der Waals surface area contributed by atoms with Gasteiger partial charge in [0.05, 0.1) is 0 Å². The molecule has 2 aromatic carbocycles. The molecule has 1 heterocycles. The summed E-state index contributed by atoms with van der Waals surface area (Å²) in [5.74, 6) is 1.49. The first-order valence-corrected chi connectivity index (χ1v) is 8.52. The number of halogens is 1. The molecule has 0 bridgehead atoms. The minimum atomic E-state index is -0.383. The van der Waals surface area contributed by atoms with Gasteiger partial charge in [-0.1, -0.05) is 11.6 Å². The van der Waals surface area contributed by atoms with Crippen LogP contribution in [0.3, 0.4) is 0 Å². The van der Waals surface area contributed by atoms with Crippen LogP contribution in [-0.4, -0.2) is 30.8 Å². The molecule has 9 heteroatoms. The summed E-state index contributed by atoms with van der Waals surface area (Å²) in [6.45, 7) is 0.869. The molecule has 1 aliphatic heterocycles. The number of thiocarbonyl (C=S) groups is 1. The number of ether oxygens (including phenoxy) is 3. The molecule has 2 aromatic rings. The first kappa shape index (κ1) is 18.1. The fourth-order valence-corrected chi connectivity index (χ4v) is 2.42. The van der Waals surface area contributed by atoms with E-state index in [1.807, 2.05) is 0 Å². The second kappa shape index (κ2) is 8.59. The number of benzene rings is 2. The molecule has 0 fully saturated rings. The van der Waals surface area contributed by atoms with Crippen molar-refractivity contribution in [3.05, 3.63) is 47.5 Å². The second-order valence-electron chi connectivity index (χ2n) is 5.23. The van der Waals surface area contributed by atoms with Crippen molar-refractivity contribution in [2.24, 2.45) is 0 Å². The van der Waals surface area contributed by atoms with Gasteiger partial charge in [0.25, 0.3) is 5.91 Å². The highest BCUT2D eigenvalue weighted by Gasteiger charge is 2.12. The maximum atomic E-state index is 11.8. The molecule has 1 amide bonds. The highest BCUT2D eigenvalue weighted by Crippen LogP contribution is 2.32. The van der Waals surface area contributed by atoms with Gasteiger partial charge >= 0.3 is 0 Å². The van der Waals surface area contributed by atoms with E-state index < -0.39 is 0 Å². The van der Waals surface area contributed by atoms with Crippen LogP contribution in [0.1, 0.15) is 0 Å². The number of fused-ring (bicyclic) bond motifs is 1. The van der Waals surface area contributed by atoms with Crippen LogP contribution in [0.4, 0.5) is 5.69 Å². The van der Waals surface area contributed by atoms with Gasteiger partial charge in [0.1, 0.15) is 19.0 Å². The smallest absolute Gasteiger partial charge is 0.276 e. The molecule has 136 valence electrons. The van der Waals surface area contributed by atoms with Crippen molar-refractivity contribution in [3.8, 4) is 17.2 Å². The van der Waals surface area contributed by atoms with Crippen LogP contribution in [0.5, 0.6) is 17.2 Å². The second-order valence-corrected chi connectivity index (χ2v) is 6.07. The van der Waals surface area contributed by atoms with E-state index in [9.17, 15) is 4.79 Å². The lowest BCUT2D eigenvalue weighted by Crippen LogP contribution is -2.45. The standard InChI is InChI=1S/C17H16ClN3O4S/c18-11-1-4-13(5-2-11)25-10-16(22)20-21-17(26)19-12-3-6-14-15(9-12)24-8-7-23-14/h1-6,9H,7-8,10H2,(H,20,22)(H2,19,21,26). The van der Waals surface area contributed by atoms with Crippen molar-refractivity contribution < 1.29 is 19.0 Å². The monoisotopic (exact) mass is 393 g/mol. The maximum Gasteiger partial charge on any atom is 0.276 e. The first-order valence-electron chi connectivity index (χ1n) is 7.74. The Morgan fingerprint density at radius 3 is 2.58 bits per heavy atom. The van der Waals surface area contributed by atoms with Crippen LogP contribution in [0.15, 0.2) is 42.5 Å². The third-order valence-corrected chi connectivity index (χ3v) is 3.76. The van der Waals surface area contributed by atoms with E-state index in [-0.39, 0.29) is 17.6 Å². The zero-order valence-electron chi connectivity index (χ0n) is 13.6. The third-order valence-electron chi connectivity index (χ3n) is 3.30. The molecular formula is C17H16ClN3O4S. The molecule has 7 nitrogen and oxygen atoms in total. The minimum absolute atomic E-state index is 0.165.